The monoisotopic (exact) mass is 454 g/mol. The molecule has 0 fully saturated rings. The first kappa shape index (κ1) is 22.9. The normalized spacial score (nSPS) is 11.6. The average Bonchev–Trinajstić information content (AvgIpc) is 2.79. The smallest absolute Gasteiger partial charge is 0.247 e. The van der Waals surface area contributed by atoms with Crippen molar-refractivity contribution in [2.24, 2.45) is 0 Å². The van der Waals surface area contributed by atoms with Gasteiger partial charge in [0.25, 0.3) is 0 Å². The van der Waals surface area contributed by atoms with Gasteiger partial charge in [0.2, 0.25) is 11.8 Å². The molecule has 0 radical (unpaired) electrons. The van der Waals surface area contributed by atoms with Gasteiger partial charge in [-0.3, -0.25) is 9.59 Å². The van der Waals surface area contributed by atoms with E-state index in [-0.39, 0.29) is 24.8 Å². The van der Waals surface area contributed by atoms with E-state index in [9.17, 15) is 9.59 Å². The highest BCUT2D eigenvalue weighted by molar-refractivity contribution is 6.31. The van der Waals surface area contributed by atoms with Crippen LogP contribution in [0.2, 0.25) is 10.0 Å². The lowest BCUT2D eigenvalue weighted by Crippen LogP contribution is -2.43. The maximum Gasteiger partial charge on any atom is 0.247 e. The molecule has 3 aromatic rings. The predicted molar refractivity (Wildman–Crippen MR) is 125 cm³/mol. The van der Waals surface area contributed by atoms with Crippen molar-refractivity contribution in [2.75, 3.05) is 0 Å². The van der Waals surface area contributed by atoms with Crippen molar-refractivity contribution in [3.8, 4) is 0 Å². The number of nitrogens with zero attached hydrogens (tertiary/aromatic N) is 1. The number of amides is 2. The lowest BCUT2D eigenvalue weighted by Gasteiger charge is -2.31. The van der Waals surface area contributed by atoms with Gasteiger partial charge < -0.3 is 10.2 Å². The van der Waals surface area contributed by atoms with Gasteiger partial charge in [-0.2, -0.15) is 0 Å². The molecule has 0 heterocycles. The number of carbonyl (C=O) groups is 2. The van der Waals surface area contributed by atoms with Gasteiger partial charge in [0.05, 0.1) is 0 Å². The van der Waals surface area contributed by atoms with E-state index in [1.165, 1.54) is 0 Å². The zero-order valence-electron chi connectivity index (χ0n) is 17.2. The highest BCUT2D eigenvalue weighted by atomic mass is 35.5. The van der Waals surface area contributed by atoms with Gasteiger partial charge in [-0.15, -0.1) is 0 Å². The molecule has 0 aliphatic carbocycles. The van der Waals surface area contributed by atoms with Gasteiger partial charge in [-0.05, 0) is 34.9 Å². The van der Waals surface area contributed by atoms with E-state index >= 15 is 0 Å². The fraction of sp³-hybridized carbons (Fsp3) is 0.200. The van der Waals surface area contributed by atoms with Gasteiger partial charge in [0, 0.05) is 29.6 Å². The number of nitrogens with one attached hydrogen (secondary N) is 1. The first-order chi connectivity index (χ1) is 15.0. The highest BCUT2D eigenvalue weighted by Gasteiger charge is 2.30. The third kappa shape index (κ3) is 6.09. The Hall–Kier alpha value is -2.82. The summed E-state index contributed by atoms with van der Waals surface area (Å²) in [5.74, 6) is -0.376. The van der Waals surface area contributed by atoms with Gasteiger partial charge in [-0.25, -0.2) is 0 Å². The number of halogens is 2. The second kappa shape index (κ2) is 11.0. The Morgan fingerprint density at radius 2 is 1.55 bits per heavy atom. The van der Waals surface area contributed by atoms with Crippen molar-refractivity contribution >= 4 is 35.0 Å². The molecule has 160 valence electrons. The molecule has 3 aromatic carbocycles. The molecule has 0 aliphatic heterocycles. The lowest BCUT2D eigenvalue weighted by molar-refractivity contribution is -0.141. The Labute approximate surface area is 192 Å². The lowest BCUT2D eigenvalue weighted by atomic mass is 10.0. The summed E-state index contributed by atoms with van der Waals surface area (Å²) < 4.78 is 0. The van der Waals surface area contributed by atoms with E-state index in [0.29, 0.717) is 16.6 Å². The van der Waals surface area contributed by atoms with E-state index < -0.39 is 6.04 Å². The molecule has 4 nitrogen and oxygen atoms in total. The molecule has 2 amide bonds. The highest BCUT2D eigenvalue weighted by Crippen LogP contribution is 2.25. The summed E-state index contributed by atoms with van der Waals surface area (Å²) in [5, 5.41) is 4.16. The van der Waals surface area contributed by atoms with Crippen LogP contribution in [0.4, 0.5) is 0 Å². The molecule has 0 saturated carbocycles. The standard InChI is InChI=1S/C25H24Cl2N2O2/c1-2-23(30)29(17-18-12-14-21(26)15-13-18)24(19-8-4-3-5-9-19)25(31)28-16-20-10-6-7-11-22(20)27/h3-15,24H,2,16-17H2,1H3,(H,28,31). The summed E-state index contributed by atoms with van der Waals surface area (Å²) in [5.41, 5.74) is 2.45. The molecule has 0 aromatic heterocycles. The zero-order chi connectivity index (χ0) is 22.2. The van der Waals surface area contributed by atoms with E-state index in [2.05, 4.69) is 5.32 Å². The van der Waals surface area contributed by atoms with E-state index in [1.807, 2.05) is 60.7 Å². The van der Waals surface area contributed by atoms with Crippen molar-refractivity contribution in [3.63, 3.8) is 0 Å². The summed E-state index contributed by atoms with van der Waals surface area (Å²) in [6, 6.07) is 23.2. The average molecular weight is 455 g/mol. The fourth-order valence-corrected chi connectivity index (χ4v) is 3.67. The quantitative estimate of drug-likeness (QED) is 0.468. The Bertz CT molecular complexity index is 1020. The summed E-state index contributed by atoms with van der Waals surface area (Å²) in [7, 11) is 0. The van der Waals surface area contributed by atoms with Crippen LogP contribution in [0.25, 0.3) is 0 Å². The van der Waals surface area contributed by atoms with Crippen molar-refractivity contribution in [3.05, 3.63) is 106 Å². The number of benzene rings is 3. The molecule has 1 atom stereocenters. The van der Waals surface area contributed by atoms with Crippen molar-refractivity contribution in [2.45, 2.75) is 32.5 Å². The predicted octanol–water partition coefficient (Wildman–Crippen LogP) is 5.79. The topological polar surface area (TPSA) is 49.4 Å². The van der Waals surface area contributed by atoms with Crippen molar-refractivity contribution in [1.29, 1.82) is 0 Å². The number of rotatable bonds is 8. The SMILES string of the molecule is CCC(=O)N(Cc1ccc(Cl)cc1)C(C(=O)NCc1ccccc1Cl)c1ccccc1. The minimum Gasteiger partial charge on any atom is -0.350 e. The molecule has 3 rings (SSSR count). The van der Waals surface area contributed by atoms with Crippen LogP contribution in [0.5, 0.6) is 0 Å². The molecule has 0 saturated heterocycles. The van der Waals surface area contributed by atoms with Gasteiger partial charge in [-0.1, -0.05) is 90.8 Å². The largest absolute Gasteiger partial charge is 0.350 e. The molecule has 0 bridgehead atoms. The molecular formula is C25H24Cl2N2O2. The summed E-state index contributed by atoms with van der Waals surface area (Å²) in [6.45, 7) is 2.36. The summed E-state index contributed by atoms with van der Waals surface area (Å²) in [6.07, 6.45) is 0.286. The van der Waals surface area contributed by atoms with Crippen LogP contribution in [-0.2, 0) is 22.7 Å². The molecular weight excluding hydrogens is 431 g/mol. The van der Waals surface area contributed by atoms with Gasteiger partial charge >= 0.3 is 0 Å². The second-order valence-electron chi connectivity index (χ2n) is 7.12. The zero-order valence-corrected chi connectivity index (χ0v) is 18.7. The molecule has 0 spiro atoms. The van der Waals surface area contributed by atoms with Crippen LogP contribution in [-0.4, -0.2) is 16.7 Å². The second-order valence-corrected chi connectivity index (χ2v) is 7.97. The molecule has 0 aliphatic rings. The Morgan fingerprint density at radius 3 is 2.19 bits per heavy atom. The Morgan fingerprint density at radius 1 is 0.903 bits per heavy atom. The van der Waals surface area contributed by atoms with Crippen LogP contribution >= 0.6 is 23.2 Å². The maximum absolute atomic E-state index is 13.4. The minimum atomic E-state index is -0.771. The fourth-order valence-electron chi connectivity index (χ4n) is 3.34. The summed E-state index contributed by atoms with van der Waals surface area (Å²) in [4.78, 5) is 27.9. The summed E-state index contributed by atoms with van der Waals surface area (Å²) >= 11 is 12.2. The van der Waals surface area contributed by atoms with E-state index in [1.54, 1.807) is 30.0 Å². The molecule has 31 heavy (non-hydrogen) atoms. The van der Waals surface area contributed by atoms with Gasteiger partial charge in [0.1, 0.15) is 6.04 Å². The molecule has 1 unspecified atom stereocenters. The Kier molecular flexibility index (Phi) is 8.10. The van der Waals surface area contributed by atoms with Crippen LogP contribution in [0, 0.1) is 0 Å². The van der Waals surface area contributed by atoms with E-state index in [4.69, 9.17) is 23.2 Å². The van der Waals surface area contributed by atoms with Crippen molar-refractivity contribution < 1.29 is 9.59 Å². The first-order valence-corrected chi connectivity index (χ1v) is 10.8. The first-order valence-electron chi connectivity index (χ1n) is 10.1. The third-order valence-corrected chi connectivity index (χ3v) is 5.60. The minimum absolute atomic E-state index is 0.114. The van der Waals surface area contributed by atoms with Crippen molar-refractivity contribution in [1.82, 2.24) is 10.2 Å². The maximum atomic E-state index is 13.4. The number of hydrogen-bond donors (Lipinski definition) is 1. The van der Waals surface area contributed by atoms with E-state index in [0.717, 1.165) is 16.7 Å². The molecule has 1 N–H and O–H groups in total. The third-order valence-electron chi connectivity index (χ3n) is 4.98. The number of carbonyl (C=O) groups excluding carboxylic acids is 2. The number of hydrogen-bond acceptors (Lipinski definition) is 2. The van der Waals surface area contributed by atoms with Crippen LogP contribution in [0.3, 0.4) is 0 Å². The Balaban J connectivity index is 1.91. The molecule has 6 heteroatoms. The van der Waals surface area contributed by atoms with Gasteiger partial charge in [0.15, 0.2) is 0 Å². The van der Waals surface area contributed by atoms with Crippen LogP contribution < -0.4 is 5.32 Å². The van der Waals surface area contributed by atoms with Crippen LogP contribution in [0.1, 0.15) is 36.1 Å². The van der Waals surface area contributed by atoms with Crippen LogP contribution in [0.15, 0.2) is 78.9 Å².